The average Bonchev–Trinajstić information content (AvgIpc) is 2.13. The predicted molar refractivity (Wildman–Crippen MR) is 50.9 cm³/mol. The van der Waals surface area contributed by atoms with Crippen LogP contribution in [0.25, 0.3) is 0 Å². The monoisotopic (exact) mass is 250 g/mol. The summed E-state index contributed by atoms with van der Waals surface area (Å²) in [6, 6.07) is 0. The summed E-state index contributed by atoms with van der Waals surface area (Å²) < 4.78 is 64.6. The average molecular weight is 250 g/mol. The SMILES string of the molecule is C=CS(C)(C=C)OCC(F)(F)C(F)(F)F. The number of alkyl halides is 5. The third-order valence-electron chi connectivity index (χ3n) is 1.57. The van der Waals surface area contributed by atoms with Gasteiger partial charge in [-0.15, -0.1) is 0 Å². The van der Waals surface area contributed by atoms with Crippen LogP contribution in [0.15, 0.2) is 24.0 Å². The van der Waals surface area contributed by atoms with Crippen LogP contribution in [-0.2, 0) is 4.18 Å². The Kier molecular flexibility index (Phi) is 4.36. The quantitative estimate of drug-likeness (QED) is 0.674. The zero-order valence-corrected chi connectivity index (χ0v) is 8.80. The maximum absolute atomic E-state index is 12.4. The zero-order valence-electron chi connectivity index (χ0n) is 7.98. The van der Waals surface area contributed by atoms with Gasteiger partial charge < -0.3 is 4.18 Å². The number of halogens is 5. The van der Waals surface area contributed by atoms with Crippen LogP contribution < -0.4 is 0 Å². The number of rotatable bonds is 5. The molecule has 0 aromatic rings. The minimum Gasteiger partial charge on any atom is -0.323 e. The molecule has 0 saturated carbocycles. The van der Waals surface area contributed by atoms with Crippen LogP contribution >= 0.6 is 10.3 Å². The maximum Gasteiger partial charge on any atom is 0.455 e. The fraction of sp³-hybridized carbons (Fsp3) is 0.500. The van der Waals surface area contributed by atoms with Crippen molar-refractivity contribution in [3.63, 3.8) is 0 Å². The Morgan fingerprint density at radius 1 is 1.13 bits per heavy atom. The Hall–Kier alpha value is -0.560. The lowest BCUT2D eigenvalue weighted by Crippen LogP contribution is -2.40. The Bertz CT molecular complexity index is 240. The summed E-state index contributed by atoms with van der Waals surface area (Å²) in [6.07, 6.45) is -4.24. The van der Waals surface area contributed by atoms with E-state index in [0.29, 0.717) is 0 Å². The molecule has 0 spiro atoms. The molecule has 0 N–H and O–H groups in total. The first-order valence-electron chi connectivity index (χ1n) is 3.70. The predicted octanol–water partition coefficient (Wildman–Crippen LogP) is 3.84. The molecule has 0 unspecified atom stereocenters. The van der Waals surface area contributed by atoms with Gasteiger partial charge in [0.2, 0.25) is 0 Å². The Morgan fingerprint density at radius 3 is 1.80 bits per heavy atom. The molecule has 0 aliphatic rings. The van der Waals surface area contributed by atoms with E-state index in [1.54, 1.807) is 0 Å². The van der Waals surface area contributed by atoms with E-state index in [-0.39, 0.29) is 0 Å². The Labute approximate surface area is 86.1 Å². The second-order valence-electron chi connectivity index (χ2n) is 2.76. The molecule has 0 heterocycles. The first-order chi connectivity index (χ1) is 6.58. The minimum absolute atomic E-state index is 1.17. The summed E-state index contributed by atoms with van der Waals surface area (Å²) in [4.78, 5) is 0. The van der Waals surface area contributed by atoms with Crippen LogP contribution in [0.2, 0.25) is 0 Å². The lowest BCUT2D eigenvalue weighted by atomic mass is 10.3. The van der Waals surface area contributed by atoms with Gasteiger partial charge in [0.15, 0.2) is 0 Å². The van der Waals surface area contributed by atoms with Crippen molar-refractivity contribution in [3.05, 3.63) is 24.0 Å². The van der Waals surface area contributed by atoms with E-state index < -0.39 is 29.0 Å². The molecule has 0 saturated heterocycles. The van der Waals surface area contributed by atoms with Crippen molar-refractivity contribution in [1.82, 2.24) is 0 Å². The van der Waals surface area contributed by atoms with Crippen molar-refractivity contribution < 1.29 is 26.1 Å². The molecule has 90 valence electrons. The molecule has 0 aromatic carbocycles. The Balaban J connectivity index is 4.51. The molecule has 0 radical (unpaired) electrons. The van der Waals surface area contributed by atoms with Gasteiger partial charge in [-0.3, -0.25) is 0 Å². The molecule has 15 heavy (non-hydrogen) atoms. The molecular weight excluding hydrogens is 239 g/mol. The van der Waals surface area contributed by atoms with Crippen LogP contribution in [0.3, 0.4) is 0 Å². The number of hydrogen-bond donors (Lipinski definition) is 0. The van der Waals surface area contributed by atoms with Crippen molar-refractivity contribution in [1.29, 1.82) is 0 Å². The van der Waals surface area contributed by atoms with Gasteiger partial charge >= 0.3 is 12.1 Å². The van der Waals surface area contributed by atoms with Gasteiger partial charge in [0.25, 0.3) is 0 Å². The van der Waals surface area contributed by atoms with E-state index in [1.165, 1.54) is 17.1 Å². The molecule has 0 bridgehead atoms. The van der Waals surface area contributed by atoms with Crippen molar-refractivity contribution >= 4 is 10.3 Å². The van der Waals surface area contributed by atoms with Gasteiger partial charge in [-0.25, -0.2) is 0 Å². The number of hydrogen-bond acceptors (Lipinski definition) is 1. The first kappa shape index (κ1) is 14.4. The van der Waals surface area contributed by atoms with Gasteiger partial charge in [-0.1, -0.05) is 23.5 Å². The van der Waals surface area contributed by atoms with Gasteiger partial charge in [0.05, 0.1) is 0 Å². The first-order valence-corrected chi connectivity index (χ1v) is 5.79. The van der Waals surface area contributed by atoms with E-state index in [9.17, 15) is 22.0 Å². The molecule has 0 atom stereocenters. The molecule has 0 fully saturated rings. The normalized spacial score (nSPS) is 14.8. The van der Waals surface area contributed by atoms with Crippen LogP contribution in [-0.4, -0.2) is 25.0 Å². The zero-order chi connectivity index (χ0) is 12.3. The standard InChI is InChI=1S/C8H11F5OS/c1-4-15(3,5-2)14-6-7(9,10)8(11,12)13/h4-5H,1-2,6H2,3H3. The lowest BCUT2D eigenvalue weighted by Gasteiger charge is -2.30. The van der Waals surface area contributed by atoms with Crippen molar-refractivity contribution in [3.8, 4) is 0 Å². The van der Waals surface area contributed by atoms with Crippen LogP contribution in [0.1, 0.15) is 0 Å². The molecule has 0 aliphatic heterocycles. The fourth-order valence-corrected chi connectivity index (χ4v) is 1.18. The lowest BCUT2D eigenvalue weighted by molar-refractivity contribution is -0.289. The minimum atomic E-state index is -5.60. The van der Waals surface area contributed by atoms with Gasteiger partial charge in [-0.05, 0) is 17.1 Å². The van der Waals surface area contributed by atoms with E-state index in [0.717, 1.165) is 0 Å². The summed E-state index contributed by atoms with van der Waals surface area (Å²) in [5.41, 5.74) is 0. The topological polar surface area (TPSA) is 9.23 Å². The van der Waals surface area contributed by atoms with Crippen LogP contribution in [0, 0.1) is 0 Å². The molecule has 7 heteroatoms. The third-order valence-corrected chi connectivity index (χ3v) is 3.52. The molecule has 0 rings (SSSR count). The molecule has 1 nitrogen and oxygen atoms in total. The summed E-state index contributed by atoms with van der Waals surface area (Å²) in [5.74, 6) is -4.85. The van der Waals surface area contributed by atoms with Crippen LogP contribution in [0.4, 0.5) is 22.0 Å². The summed E-state index contributed by atoms with van der Waals surface area (Å²) in [6.45, 7) is 4.84. The summed E-state index contributed by atoms with van der Waals surface area (Å²) in [5, 5.41) is 2.35. The van der Waals surface area contributed by atoms with E-state index in [4.69, 9.17) is 0 Å². The van der Waals surface area contributed by atoms with E-state index >= 15 is 0 Å². The highest BCUT2D eigenvalue weighted by Crippen LogP contribution is 2.49. The smallest absolute Gasteiger partial charge is 0.323 e. The molecule has 0 aromatic heterocycles. The highest BCUT2D eigenvalue weighted by atomic mass is 32.3. The Morgan fingerprint density at radius 2 is 1.53 bits per heavy atom. The highest BCUT2D eigenvalue weighted by Gasteiger charge is 2.58. The third kappa shape index (κ3) is 3.83. The van der Waals surface area contributed by atoms with Gasteiger partial charge in [-0.2, -0.15) is 22.0 Å². The van der Waals surface area contributed by atoms with E-state index in [2.05, 4.69) is 17.3 Å². The molecular formula is C8H11F5OS. The summed E-state index contributed by atoms with van der Waals surface area (Å²) in [7, 11) is -2.26. The van der Waals surface area contributed by atoms with Crippen molar-refractivity contribution in [2.75, 3.05) is 12.9 Å². The molecule has 0 aliphatic carbocycles. The fourth-order valence-electron chi connectivity index (χ4n) is 0.447. The van der Waals surface area contributed by atoms with Crippen molar-refractivity contribution in [2.24, 2.45) is 0 Å². The van der Waals surface area contributed by atoms with Gasteiger partial charge in [0.1, 0.15) is 6.61 Å². The maximum atomic E-state index is 12.4. The van der Waals surface area contributed by atoms with Gasteiger partial charge in [0, 0.05) is 0 Å². The second kappa shape index (κ2) is 4.52. The van der Waals surface area contributed by atoms with Crippen molar-refractivity contribution in [2.45, 2.75) is 12.1 Å². The van der Waals surface area contributed by atoms with Crippen LogP contribution in [0.5, 0.6) is 0 Å². The largest absolute Gasteiger partial charge is 0.455 e. The highest BCUT2D eigenvalue weighted by molar-refractivity contribution is 8.34. The summed E-state index contributed by atoms with van der Waals surface area (Å²) >= 11 is 0. The molecule has 0 amide bonds. The second-order valence-corrected chi connectivity index (χ2v) is 5.60. The van der Waals surface area contributed by atoms with E-state index in [1.807, 2.05) is 0 Å².